The minimum atomic E-state index is 0.184. The molecule has 0 aliphatic carbocycles. The molecule has 1 amide bonds. The third-order valence-corrected chi connectivity index (χ3v) is 4.58. The summed E-state index contributed by atoms with van der Waals surface area (Å²) < 4.78 is 5.33. The molecule has 4 rings (SSSR count). The highest BCUT2D eigenvalue weighted by molar-refractivity contribution is 5.78. The van der Waals surface area contributed by atoms with E-state index in [1.807, 2.05) is 4.90 Å². The molecular weight excluding hydrogens is 308 g/mol. The normalized spacial score (nSPS) is 19.2. The van der Waals surface area contributed by atoms with Crippen LogP contribution in [0.5, 0.6) is 0 Å². The van der Waals surface area contributed by atoms with Gasteiger partial charge < -0.3 is 9.42 Å². The Morgan fingerprint density at radius 3 is 2.62 bits per heavy atom. The molecule has 0 radical (unpaired) electrons. The van der Waals surface area contributed by atoms with Gasteiger partial charge >= 0.3 is 0 Å². The van der Waals surface area contributed by atoms with E-state index >= 15 is 0 Å². The number of hydrogen-bond acceptors (Lipinski definition) is 7. The Labute approximate surface area is 139 Å². The topological polar surface area (TPSA) is 88.2 Å². The Morgan fingerprint density at radius 2 is 1.88 bits per heavy atom. The first-order valence-electron chi connectivity index (χ1n) is 8.41. The van der Waals surface area contributed by atoms with E-state index in [0.717, 1.165) is 39.0 Å². The lowest BCUT2D eigenvalue weighted by Crippen LogP contribution is -2.51. The SMILES string of the molecule is O=C(CN1CC(c2nc(-c3ncccn3)no2)C1)N1CCCCC1. The molecule has 0 atom stereocenters. The number of likely N-dealkylation sites (tertiary alicyclic amines) is 2. The summed E-state index contributed by atoms with van der Waals surface area (Å²) in [5.41, 5.74) is 0. The highest BCUT2D eigenvalue weighted by Gasteiger charge is 2.34. The van der Waals surface area contributed by atoms with Gasteiger partial charge in [0.1, 0.15) is 0 Å². The second-order valence-corrected chi connectivity index (χ2v) is 6.36. The maximum absolute atomic E-state index is 12.2. The number of rotatable bonds is 4. The van der Waals surface area contributed by atoms with Gasteiger partial charge in [0.25, 0.3) is 0 Å². The van der Waals surface area contributed by atoms with Crippen LogP contribution in [-0.4, -0.2) is 68.5 Å². The maximum Gasteiger partial charge on any atom is 0.240 e. The molecule has 0 N–H and O–H groups in total. The van der Waals surface area contributed by atoms with Crippen molar-refractivity contribution in [2.45, 2.75) is 25.2 Å². The van der Waals surface area contributed by atoms with Crippen molar-refractivity contribution in [3.8, 4) is 11.6 Å². The van der Waals surface area contributed by atoms with E-state index in [4.69, 9.17) is 4.52 Å². The van der Waals surface area contributed by atoms with Crippen LogP contribution in [0.15, 0.2) is 23.0 Å². The van der Waals surface area contributed by atoms with Gasteiger partial charge in [-0.1, -0.05) is 5.16 Å². The largest absolute Gasteiger partial charge is 0.342 e. The zero-order chi connectivity index (χ0) is 16.4. The molecule has 2 aromatic rings. The predicted molar refractivity (Wildman–Crippen MR) is 84.9 cm³/mol. The molecule has 2 fully saturated rings. The van der Waals surface area contributed by atoms with Crippen LogP contribution < -0.4 is 0 Å². The molecule has 126 valence electrons. The zero-order valence-electron chi connectivity index (χ0n) is 13.5. The van der Waals surface area contributed by atoms with Gasteiger partial charge in [0.15, 0.2) is 0 Å². The number of amides is 1. The molecule has 2 aliphatic heterocycles. The molecule has 8 nitrogen and oxygen atoms in total. The third-order valence-electron chi connectivity index (χ3n) is 4.58. The average molecular weight is 328 g/mol. The van der Waals surface area contributed by atoms with Gasteiger partial charge in [-0.15, -0.1) is 0 Å². The minimum absolute atomic E-state index is 0.184. The van der Waals surface area contributed by atoms with Gasteiger partial charge in [0.2, 0.25) is 23.4 Å². The summed E-state index contributed by atoms with van der Waals surface area (Å²) in [4.78, 5) is 29.0. The molecule has 2 saturated heterocycles. The van der Waals surface area contributed by atoms with Gasteiger partial charge in [-0.3, -0.25) is 9.69 Å². The van der Waals surface area contributed by atoms with Crippen molar-refractivity contribution < 1.29 is 9.32 Å². The van der Waals surface area contributed by atoms with Crippen molar-refractivity contribution in [2.75, 3.05) is 32.7 Å². The quantitative estimate of drug-likeness (QED) is 0.825. The van der Waals surface area contributed by atoms with Gasteiger partial charge in [-0.05, 0) is 25.3 Å². The van der Waals surface area contributed by atoms with Gasteiger partial charge in [0.05, 0.1) is 12.5 Å². The molecule has 24 heavy (non-hydrogen) atoms. The summed E-state index contributed by atoms with van der Waals surface area (Å²) in [6, 6.07) is 1.74. The molecule has 0 spiro atoms. The Kier molecular flexibility index (Phi) is 4.20. The van der Waals surface area contributed by atoms with Crippen molar-refractivity contribution in [3.05, 3.63) is 24.4 Å². The summed E-state index contributed by atoms with van der Waals surface area (Å²) in [5.74, 6) is 1.89. The number of carbonyl (C=O) groups is 1. The molecule has 2 aromatic heterocycles. The molecule has 4 heterocycles. The van der Waals surface area contributed by atoms with Crippen LogP contribution in [0.3, 0.4) is 0 Å². The standard InChI is InChI=1S/C16H20N6O2/c23-13(22-7-2-1-3-8-22)11-21-9-12(10-21)16-19-15(20-24-16)14-17-5-4-6-18-14/h4-6,12H,1-3,7-11H2. The predicted octanol–water partition coefficient (Wildman–Crippen LogP) is 0.938. The number of aromatic nitrogens is 4. The Bertz CT molecular complexity index is 692. The fourth-order valence-electron chi connectivity index (χ4n) is 3.20. The van der Waals surface area contributed by atoms with Crippen molar-refractivity contribution in [1.82, 2.24) is 29.9 Å². The number of piperidine rings is 1. The van der Waals surface area contributed by atoms with Crippen LogP contribution in [0.2, 0.25) is 0 Å². The van der Waals surface area contributed by atoms with Crippen molar-refractivity contribution in [3.63, 3.8) is 0 Å². The molecule has 0 saturated carbocycles. The number of hydrogen-bond donors (Lipinski definition) is 0. The Hall–Kier alpha value is -2.35. The summed E-state index contributed by atoms with van der Waals surface area (Å²) in [7, 11) is 0. The molecule has 2 aliphatic rings. The molecule has 0 unspecified atom stereocenters. The van der Waals surface area contributed by atoms with Crippen LogP contribution in [0.1, 0.15) is 31.1 Å². The summed E-state index contributed by atoms with van der Waals surface area (Å²) >= 11 is 0. The van der Waals surface area contributed by atoms with E-state index in [-0.39, 0.29) is 11.8 Å². The molecular formula is C16H20N6O2. The zero-order valence-corrected chi connectivity index (χ0v) is 13.5. The van der Waals surface area contributed by atoms with Crippen LogP contribution in [0.4, 0.5) is 0 Å². The van der Waals surface area contributed by atoms with E-state index in [1.165, 1.54) is 6.42 Å². The second-order valence-electron chi connectivity index (χ2n) is 6.36. The average Bonchev–Trinajstić information content (AvgIpc) is 3.08. The van der Waals surface area contributed by atoms with E-state index in [9.17, 15) is 4.79 Å². The lowest BCUT2D eigenvalue weighted by Gasteiger charge is -2.38. The van der Waals surface area contributed by atoms with E-state index in [0.29, 0.717) is 24.1 Å². The fraction of sp³-hybridized carbons (Fsp3) is 0.562. The van der Waals surface area contributed by atoms with Gasteiger partial charge in [-0.25, -0.2) is 9.97 Å². The first-order valence-corrected chi connectivity index (χ1v) is 8.41. The Morgan fingerprint density at radius 1 is 1.12 bits per heavy atom. The van der Waals surface area contributed by atoms with Crippen LogP contribution in [0, 0.1) is 0 Å². The van der Waals surface area contributed by atoms with Crippen molar-refractivity contribution in [1.29, 1.82) is 0 Å². The second kappa shape index (κ2) is 6.64. The smallest absolute Gasteiger partial charge is 0.240 e. The summed E-state index contributed by atoms with van der Waals surface area (Å²) in [6.07, 6.45) is 6.78. The van der Waals surface area contributed by atoms with Crippen molar-refractivity contribution in [2.24, 2.45) is 0 Å². The molecule has 0 aromatic carbocycles. The summed E-state index contributed by atoms with van der Waals surface area (Å²) in [5, 5.41) is 3.94. The first-order chi connectivity index (χ1) is 11.8. The van der Waals surface area contributed by atoms with Gasteiger partial charge in [-0.2, -0.15) is 4.98 Å². The minimum Gasteiger partial charge on any atom is -0.342 e. The number of carbonyl (C=O) groups excluding carboxylic acids is 1. The lowest BCUT2D eigenvalue weighted by atomic mass is 10.00. The monoisotopic (exact) mass is 328 g/mol. The maximum atomic E-state index is 12.2. The molecule has 0 bridgehead atoms. The van der Waals surface area contributed by atoms with E-state index < -0.39 is 0 Å². The third kappa shape index (κ3) is 3.14. The van der Waals surface area contributed by atoms with Crippen LogP contribution in [0.25, 0.3) is 11.6 Å². The Balaban J connectivity index is 1.30. The highest BCUT2D eigenvalue weighted by Crippen LogP contribution is 2.26. The fourth-order valence-corrected chi connectivity index (χ4v) is 3.20. The van der Waals surface area contributed by atoms with E-state index in [1.54, 1.807) is 18.5 Å². The van der Waals surface area contributed by atoms with E-state index in [2.05, 4.69) is 25.0 Å². The van der Waals surface area contributed by atoms with Gasteiger partial charge in [0, 0.05) is 38.6 Å². The highest BCUT2D eigenvalue weighted by atomic mass is 16.5. The van der Waals surface area contributed by atoms with Crippen LogP contribution >= 0.6 is 0 Å². The summed E-state index contributed by atoms with van der Waals surface area (Å²) in [6.45, 7) is 3.84. The number of nitrogens with zero attached hydrogens (tertiary/aromatic N) is 6. The van der Waals surface area contributed by atoms with Crippen molar-refractivity contribution >= 4 is 5.91 Å². The molecule has 8 heteroatoms. The first kappa shape index (κ1) is 15.2. The lowest BCUT2D eigenvalue weighted by molar-refractivity contribution is -0.134. The van der Waals surface area contributed by atoms with Crippen LogP contribution in [-0.2, 0) is 4.79 Å².